The van der Waals surface area contributed by atoms with Crippen LogP contribution in [0.1, 0.15) is 26.2 Å². The predicted octanol–water partition coefficient (Wildman–Crippen LogP) is 0.385. The molecular weight excluding hydrogens is 218 g/mol. The molecule has 1 unspecified atom stereocenters. The topological polar surface area (TPSA) is 80.6 Å². The number of allylic oxidation sites excluding steroid dienone is 1. The predicted molar refractivity (Wildman–Crippen MR) is 65.6 cm³/mol. The Bertz CT molecular complexity index is 387. The van der Waals surface area contributed by atoms with E-state index in [0.29, 0.717) is 12.4 Å². The van der Waals surface area contributed by atoms with Gasteiger partial charge in [-0.25, -0.2) is 4.99 Å². The van der Waals surface area contributed by atoms with Crippen LogP contribution in [0.5, 0.6) is 0 Å². The molecule has 0 fully saturated rings. The Labute approximate surface area is 100 Å². The van der Waals surface area contributed by atoms with Crippen LogP contribution < -0.4 is 10.6 Å². The molecule has 2 heterocycles. The molecule has 0 saturated carbocycles. The lowest BCUT2D eigenvalue weighted by Crippen LogP contribution is -2.51. The minimum absolute atomic E-state index is 0.0315. The maximum Gasteiger partial charge on any atom is 0.228 e. The molecular formula is C11H17N5O. The molecule has 6 nitrogen and oxygen atoms in total. The van der Waals surface area contributed by atoms with Crippen molar-refractivity contribution >= 4 is 17.8 Å². The highest BCUT2D eigenvalue weighted by Gasteiger charge is 2.19. The quantitative estimate of drug-likeness (QED) is 0.419. The molecule has 0 bridgehead atoms. The SMILES string of the molecule is CC1CC(=O)NC(NC(=N)N2C=CCCC2)=N1. The van der Waals surface area contributed by atoms with E-state index in [2.05, 4.69) is 15.6 Å². The smallest absolute Gasteiger partial charge is 0.228 e. The van der Waals surface area contributed by atoms with Crippen molar-refractivity contribution in [2.24, 2.45) is 4.99 Å². The number of rotatable bonds is 0. The third-order valence-corrected chi connectivity index (χ3v) is 2.67. The summed E-state index contributed by atoms with van der Waals surface area (Å²) in [6.45, 7) is 2.70. The molecule has 17 heavy (non-hydrogen) atoms. The minimum atomic E-state index is -0.0583. The average molecular weight is 235 g/mol. The number of carbonyl (C=O) groups is 1. The number of hydrogen-bond donors (Lipinski definition) is 3. The largest absolute Gasteiger partial charge is 0.320 e. The lowest BCUT2D eigenvalue weighted by Gasteiger charge is -2.26. The van der Waals surface area contributed by atoms with E-state index in [1.807, 2.05) is 19.2 Å². The third-order valence-electron chi connectivity index (χ3n) is 2.67. The van der Waals surface area contributed by atoms with Gasteiger partial charge in [0, 0.05) is 19.2 Å². The number of carbonyl (C=O) groups excluding carboxylic acids is 1. The second-order valence-electron chi connectivity index (χ2n) is 4.27. The maximum absolute atomic E-state index is 11.3. The van der Waals surface area contributed by atoms with Gasteiger partial charge < -0.3 is 4.90 Å². The van der Waals surface area contributed by atoms with Gasteiger partial charge in [0.1, 0.15) is 0 Å². The number of aliphatic imine (C=N–C) groups is 1. The molecule has 0 aromatic rings. The highest BCUT2D eigenvalue weighted by molar-refractivity contribution is 6.06. The Morgan fingerprint density at radius 3 is 3.18 bits per heavy atom. The molecule has 0 aromatic carbocycles. The fourth-order valence-corrected chi connectivity index (χ4v) is 1.84. The zero-order valence-corrected chi connectivity index (χ0v) is 9.86. The normalized spacial score (nSPS) is 24.1. The van der Waals surface area contributed by atoms with E-state index in [4.69, 9.17) is 5.41 Å². The van der Waals surface area contributed by atoms with Crippen molar-refractivity contribution in [1.29, 1.82) is 5.41 Å². The molecule has 2 rings (SSSR count). The van der Waals surface area contributed by atoms with Crippen LogP contribution in [0.2, 0.25) is 0 Å². The van der Waals surface area contributed by atoms with Gasteiger partial charge in [0.25, 0.3) is 0 Å². The summed E-state index contributed by atoms with van der Waals surface area (Å²) in [4.78, 5) is 17.4. The van der Waals surface area contributed by atoms with Crippen molar-refractivity contribution in [2.75, 3.05) is 6.54 Å². The second kappa shape index (κ2) is 4.99. The molecule has 6 heteroatoms. The van der Waals surface area contributed by atoms with Crippen LogP contribution in [0.4, 0.5) is 0 Å². The summed E-state index contributed by atoms with van der Waals surface area (Å²) in [5, 5.41) is 13.3. The summed E-state index contributed by atoms with van der Waals surface area (Å²) in [5.74, 6) is 0.559. The molecule has 0 aromatic heterocycles. The van der Waals surface area contributed by atoms with Gasteiger partial charge in [-0.15, -0.1) is 0 Å². The molecule has 0 spiro atoms. The van der Waals surface area contributed by atoms with Gasteiger partial charge in [0.05, 0.1) is 6.04 Å². The molecule has 2 aliphatic heterocycles. The minimum Gasteiger partial charge on any atom is -0.320 e. The third kappa shape index (κ3) is 3.05. The van der Waals surface area contributed by atoms with Gasteiger partial charge in [-0.05, 0) is 19.8 Å². The number of nitrogens with zero attached hydrogens (tertiary/aromatic N) is 2. The Balaban J connectivity index is 1.96. The van der Waals surface area contributed by atoms with E-state index in [1.54, 1.807) is 4.90 Å². The van der Waals surface area contributed by atoms with Crippen molar-refractivity contribution in [2.45, 2.75) is 32.2 Å². The number of amides is 1. The first-order chi connectivity index (χ1) is 8.15. The fraction of sp³-hybridized carbons (Fsp3) is 0.545. The standard InChI is InChI=1S/C11H17N5O/c1-8-7-9(17)14-11(13-8)15-10(12)16-5-3-2-4-6-16/h3,5,8H,2,4,6-7H2,1H3,(H3,12,13,14,15,17). The zero-order valence-electron chi connectivity index (χ0n) is 9.86. The summed E-state index contributed by atoms with van der Waals surface area (Å²) >= 11 is 0. The molecule has 92 valence electrons. The average Bonchev–Trinajstić information content (AvgIpc) is 2.28. The summed E-state index contributed by atoms with van der Waals surface area (Å²) < 4.78 is 0. The van der Waals surface area contributed by atoms with Crippen molar-refractivity contribution in [3.05, 3.63) is 12.3 Å². The lowest BCUT2D eigenvalue weighted by molar-refractivity contribution is -0.120. The Morgan fingerprint density at radius 2 is 2.53 bits per heavy atom. The first-order valence-electron chi connectivity index (χ1n) is 5.81. The van der Waals surface area contributed by atoms with Gasteiger partial charge in [0.2, 0.25) is 17.8 Å². The maximum atomic E-state index is 11.3. The number of guanidine groups is 2. The molecule has 1 atom stereocenters. The first-order valence-corrected chi connectivity index (χ1v) is 5.81. The summed E-state index contributed by atoms with van der Waals surface area (Å²) in [6.07, 6.45) is 6.41. The van der Waals surface area contributed by atoms with E-state index < -0.39 is 0 Å². The van der Waals surface area contributed by atoms with Gasteiger partial charge in [-0.2, -0.15) is 0 Å². The molecule has 0 saturated heterocycles. The van der Waals surface area contributed by atoms with Gasteiger partial charge in [-0.3, -0.25) is 20.8 Å². The van der Waals surface area contributed by atoms with E-state index in [-0.39, 0.29) is 17.9 Å². The van der Waals surface area contributed by atoms with Crippen molar-refractivity contribution < 1.29 is 4.79 Å². The van der Waals surface area contributed by atoms with Crippen LogP contribution in [0, 0.1) is 5.41 Å². The van der Waals surface area contributed by atoms with E-state index >= 15 is 0 Å². The highest BCUT2D eigenvalue weighted by atomic mass is 16.1. The number of hydrogen-bond acceptors (Lipinski definition) is 3. The molecule has 3 N–H and O–H groups in total. The molecule has 0 radical (unpaired) electrons. The van der Waals surface area contributed by atoms with Crippen LogP contribution in [-0.2, 0) is 4.79 Å². The molecule has 1 amide bonds. The Kier molecular flexibility index (Phi) is 3.41. The van der Waals surface area contributed by atoms with Gasteiger partial charge in [0.15, 0.2) is 0 Å². The van der Waals surface area contributed by atoms with Crippen molar-refractivity contribution in [3.8, 4) is 0 Å². The van der Waals surface area contributed by atoms with Crippen molar-refractivity contribution in [1.82, 2.24) is 15.5 Å². The summed E-state index contributed by atoms with van der Waals surface area (Å²) in [6, 6.07) is -0.0315. The Morgan fingerprint density at radius 1 is 1.71 bits per heavy atom. The summed E-state index contributed by atoms with van der Waals surface area (Å²) in [7, 11) is 0. The van der Waals surface area contributed by atoms with Crippen LogP contribution in [0.3, 0.4) is 0 Å². The lowest BCUT2D eigenvalue weighted by atomic mass is 10.2. The number of nitrogens with one attached hydrogen (secondary N) is 3. The first kappa shape index (κ1) is 11.6. The molecule has 2 aliphatic rings. The van der Waals surface area contributed by atoms with Crippen LogP contribution in [-0.4, -0.2) is 35.3 Å². The van der Waals surface area contributed by atoms with E-state index in [1.165, 1.54) is 0 Å². The van der Waals surface area contributed by atoms with Crippen LogP contribution in [0.15, 0.2) is 17.3 Å². The van der Waals surface area contributed by atoms with Gasteiger partial charge >= 0.3 is 0 Å². The zero-order chi connectivity index (χ0) is 12.3. The van der Waals surface area contributed by atoms with Crippen LogP contribution >= 0.6 is 0 Å². The second-order valence-corrected chi connectivity index (χ2v) is 4.27. The van der Waals surface area contributed by atoms with E-state index in [9.17, 15) is 4.79 Å². The monoisotopic (exact) mass is 235 g/mol. The van der Waals surface area contributed by atoms with Gasteiger partial charge in [-0.1, -0.05) is 6.08 Å². The van der Waals surface area contributed by atoms with Crippen LogP contribution in [0.25, 0.3) is 0 Å². The van der Waals surface area contributed by atoms with Crippen molar-refractivity contribution in [3.63, 3.8) is 0 Å². The molecule has 0 aliphatic carbocycles. The fourth-order valence-electron chi connectivity index (χ4n) is 1.84. The summed E-state index contributed by atoms with van der Waals surface area (Å²) in [5.41, 5.74) is 0. The highest BCUT2D eigenvalue weighted by Crippen LogP contribution is 2.06. The Hall–Kier alpha value is -1.85. The van der Waals surface area contributed by atoms with E-state index in [0.717, 1.165) is 19.4 Å².